The normalized spacial score (nSPS) is 14.6. The van der Waals surface area contributed by atoms with Crippen molar-refractivity contribution < 1.29 is 30.0 Å². The maximum atomic E-state index is 8.84. The summed E-state index contributed by atoms with van der Waals surface area (Å²) in [5.41, 5.74) is 9.01. The molecule has 0 N–H and O–H groups in total. The molecule has 3 aromatic heterocycles. The Labute approximate surface area is 345 Å². The minimum atomic E-state index is -1.76. The molecule has 9 rings (SSSR count). The fraction of sp³-hybridized carbons (Fsp3) is 0.200. The molecule has 5 heteroatoms. The molecule has 1 fully saturated rings. The molecule has 0 bridgehead atoms. The first kappa shape index (κ1) is 33.4. The summed E-state index contributed by atoms with van der Waals surface area (Å²) in [5, 5.41) is 3.13. The topological polar surface area (TPSA) is 38.9 Å². The van der Waals surface area contributed by atoms with Gasteiger partial charge in [0.1, 0.15) is 5.58 Å². The van der Waals surface area contributed by atoms with Crippen molar-refractivity contribution in [2.45, 2.75) is 58.1 Å². The maximum absolute atomic E-state index is 8.84. The SMILES string of the molecule is [2H]C([2H])(c1ccccc1)c1cc(-c2[c-]cccc2)ncc1[Si](C)(C)C.[2H]C([2H])(c1ccnc(-c2[c-]ccc3c2oc2cc(-c4ccccc4)ccc23)c1)C1CCCC1.[Ir]. The third-order valence-electron chi connectivity index (χ3n) is 10.0. The zero-order valence-corrected chi connectivity index (χ0v) is 34.8. The molecular weight excluding hydrogens is 865 g/mol. The van der Waals surface area contributed by atoms with Crippen LogP contribution in [-0.2, 0) is 32.9 Å². The van der Waals surface area contributed by atoms with E-state index in [2.05, 4.69) is 72.1 Å². The third kappa shape index (κ3) is 8.97. The number of rotatable bonds is 8. The van der Waals surface area contributed by atoms with Gasteiger partial charge in [-0.25, -0.2) is 0 Å². The molecule has 5 aromatic carbocycles. The summed E-state index contributed by atoms with van der Waals surface area (Å²) in [4.78, 5) is 9.20. The van der Waals surface area contributed by atoms with Gasteiger partial charge in [0.2, 0.25) is 0 Å². The smallest absolute Gasteiger partial charge is 0.121 e. The van der Waals surface area contributed by atoms with E-state index < -0.39 is 20.8 Å². The number of nitrogens with zero attached hydrogens (tertiary/aromatic N) is 2. The second-order valence-corrected chi connectivity index (χ2v) is 20.0. The molecule has 277 valence electrons. The van der Waals surface area contributed by atoms with Gasteiger partial charge in [-0.1, -0.05) is 152 Å². The van der Waals surface area contributed by atoms with E-state index in [9.17, 15) is 0 Å². The van der Waals surface area contributed by atoms with Crippen molar-refractivity contribution in [3.8, 4) is 33.6 Å². The Kier molecular flexibility index (Phi) is 10.5. The van der Waals surface area contributed by atoms with Gasteiger partial charge >= 0.3 is 0 Å². The molecule has 0 spiro atoms. The van der Waals surface area contributed by atoms with Crippen molar-refractivity contribution in [2.75, 3.05) is 0 Å². The molecule has 1 aliphatic carbocycles. The summed E-state index contributed by atoms with van der Waals surface area (Å²) in [6, 6.07) is 49.7. The van der Waals surface area contributed by atoms with Crippen LogP contribution in [0.1, 0.15) is 47.9 Å². The first-order valence-electron chi connectivity index (χ1n) is 20.8. The second kappa shape index (κ2) is 17.2. The molecule has 55 heavy (non-hydrogen) atoms. The first-order valence-corrected chi connectivity index (χ1v) is 22.3. The van der Waals surface area contributed by atoms with E-state index in [1.165, 1.54) is 0 Å². The Bertz CT molecular complexity index is 2680. The van der Waals surface area contributed by atoms with Gasteiger partial charge in [-0.15, -0.1) is 54.1 Å². The first-order chi connectivity index (χ1) is 27.9. The van der Waals surface area contributed by atoms with Crippen LogP contribution in [0.4, 0.5) is 0 Å². The van der Waals surface area contributed by atoms with Crippen LogP contribution in [0.3, 0.4) is 0 Å². The van der Waals surface area contributed by atoms with Gasteiger partial charge in [0.05, 0.1) is 13.7 Å². The molecular formula is C50H46IrN2OSi-2. The van der Waals surface area contributed by atoms with Gasteiger partial charge in [-0.05, 0) is 64.1 Å². The molecule has 0 amide bonds. The average Bonchev–Trinajstić information content (AvgIpc) is 3.94. The van der Waals surface area contributed by atoms with Crippen molar-refractivity contribution in [1.29, 1.82) is 0 Å². The summed E-state index contributed by atoms with van der Waals surface area (Å²) < 4.78 is 41.6. The third-order valence-corrected chi connectivity index (χ3v) is 12.0. The maximum Gasteiger partial charge on any atom is 0.121 e. The zero-order chi connectivity index (χ0) is 40.5. The van der Waals surface area contributed by atoms with E-state index in [-0.39, 0.29) is 26.0 Å². The van der Waals surface area contributed by atoms with Crippen LogP contribution < -0.4 is 5.19 Å². The van der Waals surface area contributed by atoms with Crippen molar-refractivity contribution >= 4 is 35.2 Å². The Balaban J connectivity index is 0.000000183. The largest absolute Gasteiger partial charge is 0.501 e. The summed E-state index contributed by atoms with van der Waals surface area (Å²) in [6.07, 6.45) is 4.76. The van der Waals surface area contributed by atoms with Crippen LogP contribution in [0, 0.1) is 18.1 Å². The Morgan fingerprint density at radius 2 is 1.47 bits per heavy atom. The van der Waals surface area contributed by atoms with Gasteiger partial charge in [0, 0.05) is 43.4 Å². The quantitative estimate of drug-likeness (QED) is 0.113. The Morgan fingerprint density at radius 1 is 0.709 bits per heavy atom. The van der Waals surface area contributed by atoms with E-state index >= 15 is 0 Å². The molecule has 0 atom stereocenters. The number of pyridine rings is 2. The second-order valence-electron chi connectivity index (χ2n) is 15.0. The molecule has 0 saturated heterocycles. The molecule has 8 aromatic rings. The molecule has 3 nitrogen and oxygen atoms in total. The molecule has 1 aliphatic rings. The number of fused-ring (bicyclic) bond motifs is 3. The van der Waals surface area contributed by atoms with Crippen LogP contribution >= 0.6 is 0 Å². The van der Waals surface area contributed by atoms with Crippen LogP contribution in [0.25, 0.3) is 55.6 Å². The Morgan fingerprint density at radius 3 is 2.22 bits per heavy atom. The summed E-state index contributed by atoms with van der Waals surface area (Å²) in [7, 11) is -1.76. The minimum absolute atomic E-state index is 0. The van der Waals surface area contributed by atoms with Crippen LogP contribution in [0.15, 0.2) is 150 Å². The van der Waals surface area contributed by atoms with Gasteiger partial charge in [0.15, 0.2) is 0 Å². The molecule has 1 saturated carbocycles. The fourth-order valence-corrected chi connectivity index (χ4v) is 8.63. The van der Waals surface area contributed by atoms with Gasteiger partial charge in [-0.3, -0.25) is 0 Å². The van der Waals surface area contributed by atoms with Gasteiger partial charge in [0.25, 0.3) is 0 Å². The van der Waals surface area contributed by atoms with E-state index in [4.69, 9.17) is 9.90 Å². The summed E-state index contributed by atoms with van der Waals surface area (Å²) in [5.74, 6) is 0.0649. The summed E-state index contributed by atoms with van der Waals surface area (Å²) >= 11 is 0. The predicted octanol–water partition coefficient (Wildman–Crippen LogP) is 12.5. The molecule has 0 unspecified atom stereocenters. The van der Waals surface area contributed by atoms with E-state index in [1.807, 2.05) is 109 Å². The van der Waals surface area contributed by atoms with Crippen molar-refractivity contribution in [3.63, 3.8) is 0 Å². The minimum Gasteiger partial charge on any atom is -0.501 e. The van der Waals surface area contributed by atoms with Crippen LogP contribution in [0.5, 0.6) is 0 Å². The average molecular weight is 915 g/mol. The monoisotopic (exact) mass is 915 g/mol. The van der Waals surface area contributed by atoms with E-state index in [0.717, 1.165) is 86.3 Å². The van der Waals surface area contributed by atoms with E-state index in [1.54, 1.807) is 6.20 Å². The summed E-state index contributed by atoms with van der Waals surface area (Å²) in [6.45, 7) is 6.68. The van der Waals surface area contributed by atoms with Crippen molar-refractivity contribution in [2.24, 2.45) is 5.92 Å². The molecule has 3 heterocycles. The number of benzene rings is 5. The van der Waals surface area contributed by atoms with Crippen LogP contribution in [-0.4, -0.2) is 18.0 Å². The van der Waals surface area contributed by atoms with E-state index in [0.29, 0.717) is 16.8 Å². The zero-order valence-electron chi connectivity index (χ0n) is 35.4. The number of hydrogen-bond donors (Lipinski definition) is 0. The standard InChI is InChI=1S/C29H24NO.C21H22NSi.Ir/c1-2-9-22(10-3-1)23-13-14-24-25-11-6-12-26(29(25)31-28(24)19-23)27-18-21(15-16-30-27)17-20-7-4-5-8-20;1-23(2,3)21-16-22-20(18-12-8-5-9-13-18)15-19(21)14-17-10-6-4-7-11-17;/h1-3,6,9-11,13-16,18-20H,4-5,7-8,17H2;4-12,15-16H,14H2,1-3H3;/q2*-1;/i17D2;14D2;. The number of furan rings is 1. The van der Waals surface area contributed by atoms with Crippen molar-refractivity contribution in [3.05, 3.63) is 175 Å². The predicted molar refractivity (Wildman–Crippen MR) is 228 cm³/mol. The Hall–Kier alpha value is -4.93. The van der Waals surface area contributed by atoms with Crippen molar-refractivity contribution in [1.82, 2.24) is 9.97 Å². The molecule has 0 aliphatic heterocycles. The van der Waals surface area contributed by atoms with Gasteiger partial charge in [-0.2, -0.15) is 0 Å². The fourth-order valence-electron chi connectivity index (χ4n) is 7.24. The number of aromatic nitrogens is 2. The number of hydrogen-bond acceptors (Lipinski definition) is 3. The van der Waals surface area contributed by atoms with Crippen LogP contribution in [0.2, 0.25) is 19.6 Å². The van der Waals surface area contributed by atoms with Gasteiger partial charge < -0.3 is 14.4 Å². The molecule has 1 radical (unpaired) electrons.